The number of anilines is 2. The minimum Gasteiger partial charge on any atom is -0.319 e. The van der Waals surface area contributed by atoms with Gasteiger partial charge in [0.05, 0.1) is 17.6 Å². The Morgan fingerprint density at radius 1 is 1.12 bits per heavy atom. The average Bonchev–Trinajstić information content (AvgIpc) is 3.19. The molecule has 2 amide bonds. The summed E-state index contributed by atoms with van der Waals surface area (Å²) >= 11 is 0. The third-order valence-corrected chi connectivity index (χ3v) is 5.27. The normalized spacial score (nSPS) is 14.0. The smallest absolute Gasteiger partial charge is 0.319 e. The molecule has 4 rings (SSSR count). The van der Waals surface area contributed by atoms with Crippen molar-refractivity contribution in [2.45, 2.75) is 25.9 Å². The lowest BCUT2D eigenvalue weighted by Gasteiger charge is -2.20. The highest BCUT2D eigenvalue weighted by Crippen LogP contribution is 2.33. The van der Waals surface area contributed by atoms with Crippen molar-refractivity contribution in [1.29, 1.82) is 0 Å². The minimum absolute atomic E-state index is 0.0301. The summed E-state index contributed by atoms with van der Waals surface area (Å²) in [5.74, 6) is -1.41. The number of amides is 2. The number of hydrogen-bond donors (Lipinski definition) is 1. The molecule has 1 aromatic carbocycles. The molecule has 0 saturated carbocycles. The molecule has 1 aliphatic rings. The molecule has 1 N–H and O–H groups in total. The van der Waals surface area contributed by atoms with E-state index in [2.05, 4.69) is 15.3 Å². The highest BCUT2D eigenvalue weighted by molar-refractivity contribution is 6.10. The number of hydrogen-bond acceptors (Lipinski definition) is 4. The molecule has 1 aliphatic heterocycles. The standard InChI is InChI=1S/C23H18F4N4O2/c1-13-4-2-5-16(24)20(13)14-10-17(31-9-3-6-19(31)32)21(29-11-14)22(33)30-15-7-8-18(28-12-15)23(25,26)27/h2,4-5,7-8,10-12H,3,6,9H2,1H3,(H,30,33). The molecule has 0 aliphatic carbocycles. The zero-order valence-corrected chi connectivity index (χ0v) is 17.4. The number of pyridine rings is 2. The Morgan fingerprint density at radius 3 is 2.52 bits per heavy atom. The zero-order valence-electron chi connectivity index (χ0n) is 17.4. The maximum Gasteiger partial charge on any atom is 0.433 e. The molecule has 1 fully saturated rings. The summed E-state index contributed by atoms with van der Waals surface area (Å²) in [5.41, 5.74) is 0.389. The Balaban J connectivity index is 1.71. The first-order valence-corrected chi connectivity index (χ1v) is 10.1. The first-order chi connectivity index (χ1) is 15.6. The summed E-state index contributed by atoms with van der Waals surface area (Å²) in [6.45, 7) is 2.10. The number of aromatic nitrogens is 2. The second-order valence-electron chi connectivity index (χ2n) is 7.56. The minimum atomic E-state index is -4.60. The second kappa shape index (κ2) is 8.61. The monoisotopic (exact) mass is 458 g/mol. The largest absolute Gasteiger partial charge is 0.433 e. The summed E-state index contributed by atoms with van der Waals surface area (Å²) in [6.07, 6.45) is -1.50. The van der Waals surface area contributed by atoms with E-state index in [9.17, 15) is 27.2 Å². The van der Waals surface area contributed by atoms with E-state index in [1.54, 1.807) is 19.1 Å². The lowest BCUT2D eigenvalue weighted by Crippen LogP contribution is -2.28. The van der Waals surface area contributed by atoms with Crippen LogP contribution < -0.4 is 10.2 Å². The van der Waals surface area contributed by atoms with Gasteiger partial charge in [0.1, 0.15) is 11.5 Å². The van der Waals surface area contributed by atoms with E-state index in [-0.39, 0.29) is 23.0 Å². The second-order valence-corrected chi connectivity index (χ2v) is 7.56. The van der Waals surface area contributed by atoms with E-state index in [1.807, 2.05) is 0 Å². The van der Waals surface area contributed by atoms with Crippen LogP contribution in [0.15, 0.2) is 48.8 Å². The lowest BCUT2D eigenvalue weighted by atomic mass is 10.0. The molecule has 3 aromatic rings. The van der Waals surface area contributed by atoms with Crippen molar-refractivity contribution in [1.82, 2.24) is 9.97 Å². The molecule has 0 radical (unpaired) electrons. The van der Waals surface area contributed by atoms with E-state index >= 15 is 0 Å². The van der Waals surface area contributed by atoms with Crippen molar-refractivity contribution in [2.75, 3.05) is 16.8 Å². The Bertz CT molecular complexity index is 1210. The number of halogens is 4. The molecule has 6 nitrogen and oxygen atoms in total. The predicted molar refractivity (Wildman–Crippen MR) is 113 cm³/mol. The molecule has 1 saturated heterocycles. The number of aryl methyl sites for hydroxylation is 1. The van der Waals surface area contributed by atoms with Gasteiger partial charge in [0.2, 0.25) is 5.91 Å². The lowest BCUT2D eigenvalue weighted by molar-refractivity contribution is -0.141. The van der Waals surface area contributed by atoms with Crippen LogP contribution in [0.3, 0.4) is 0 Å². The number of carbonyl (C=O) groups is 2. The SMILES string of the molecule is Cc1cccc(F)c1-c1cnc(C(=O)Nc2ccc(C(F)(F)F)nc2)c(N2CCCC2=O)c1. The molecule has 0 bridgehead atoms. The van der Waals surface area contributed by atoms with Gasteiger partial charge in [-0.1, -0.05) is 12.1 Å². The fourth-order valence-electron chi connectivity index (χ4n) is 3.70. The molecule has 10 heteroatoms. The molecular formula is C23H18F4N4O2. The maximum atomic E-state index is 14.5. The summed E-state index contributed by atoms with van der Waals surface area (Å²) in [4.78, 5) is 34.2. The van der Waals surface area contributed by atoms with Gasteiger partial charge in [-0.15, -0.1) is 0 Å². The molecule has 33 heavy (non-hydrogen) atoms. The van der Waals surface area contributed by atoms with Crippen molar-refractivity contribution in [3.8, 4) is 11.1 Å². The van der Waals surface area contributed by atoms with Gasteiger partial charge in [-0.25, -0.2) is 14.4 Å². The summed E-state index contributed by atoms with van der Waals surface area (Å²) in [6, 6.07) is 7.97. The number of nitrogens with zero attached hydrogens (tertiary/aromatic N) is 3. The van der Waals surface area contributed by atoms with Crippen molar-refractivity contribution < 1.29 is 27.2 Å². The molecule has 2 aromatic heterocycles. The Kier molecular flexibility index (Phi) is 5.84. The van der Waals surface area contributed by atoms with Gasteiger partial charge < -0.3 is 10.2 Å². The maximum absolute atomic E-state index is 14.5. The van der Waals surface area contributed by atoms with Gasteiger partial charge in [0.15, 0.2) is 5.69 Å². The van der Waals surface area contributed by atoms with E-state index in [0.29, 0.717) is 36.1 Å². The van der Waals surface area contributed by atoms with E-state index in [4.69, 9.17) is 0 Å². The Labute approximate surface area is 186 Å². The fraction of sp³-hybridized carbons (Fsp3) is 0.217. The van der Waals surface area contributed by atoms with Gasteiger partial charge in [-0.2, -0.15) is 13.2 Å². The summed E-state index contributed by atoms with van der Waals surface area (Å²) < 4.78 is 52.7. The molecule has 3 heterocycles. The average molecular weight is 458 g/mol. The molecule has 0 atom stereocenters. The van der Waals surface area contributed by atoms with Crippen LogP contribution in [0.1, 0.15) is 34.6 Å². The van der Waals surface area contributed by atoms with Gasteiger partial charge >= 0.3 is 6.18 Å². The van der Waals surface area contributed by atoms with Gasteiger partial charge in [-0.05, 0) is 43.2 Å². The van der Waals surface area contributed by atoms with Crippen LogP contribution >= 0.6 is 0 Å². The quantitative estimate of drug-likeness (QED) is 0.559. The van der Waals surface area contributed by atoms with Crippen LogP contribution in [0, 0.1) is 12.7 Å². The van der Waals surface area contributed by atoms with Crippen molar-refractivity contribution >= 4 is 23.2 Å². The number of benzene rings is 1. The third-order valence-electron chi connectivity index (χ3n) is 5.27. The number of carbonyl (C=O) groups excluding carboxylic acids is 2. The molecular weight excluding hydrogens is 440 g/mol. The van der Waals surface area contributed by atoms with Crippen molar-refractivity contribution in [3.63, 3.8) is 0 Å². The fourth-order valence-corrected chi connectivity index (χ4v) is 3.70. The number of alkyl halides is 3. The van der Waals surface area contributed by atoms with Gasteiger partial charge in [-0.3, -0.25) is 9.59 Å². The molecule has 0 unspecified atom stereocenters. The predicted octanol–water partition coefficient (Wildman–Crippen LogP) is 4.99. The van der Waals surface area contributed by atoms with E-state index in [0.717, 1.165) is 18.3 Å². The van der Waals surface area contributed by atoms with E-state index < -0.39 is 23.6 Å². The Hall–Kier alpha value is -3.82. The van der Waals surface area contributed by atoms with Gasteiger partial charge in [0.25, 0.3) is 5.91 Å². The highest BCUT2D eigenvalue weighted by atomic mass is 19.4. The van der Waals surface area contributed by atoms with Crippen molar-refractivity contribution in [3.05, 3.63) is 71.6 Å². The van der Waals surface area contributed by atoms with Crippen LogP contribution in [0.4, 0.5) is 28.9 Å². The first kappa shape index (κ1) is 22.4. The van der Waals surface area contributed by atoms with Crippen LogP contribution in [0.2, 0.25) is 0 Å². The Morgan fingerprint density at radius 2 is 1.91 bits per heavy atom. The summed E-state index contributed by atoms with van der Waals surface area (Å²) in [7, 11) is 0. The van der Waals surface area contributed by atoms with E-state index in [1.165, 1.54) is 23.2 Å². The highest BCUT2D eigenvalue weighted by Gasteiger charge is 2.32. The van der Waals surface area contributed by atoms with Crippen LogP contribution in [0.5, 0.6) is 0 Å². The van der Waals surface area contributed by atoms with Gasteiger partial charge in [0, 0.05) is 30.3 Å². The van der Waals surface area contributed by atoms with Crippen molar-refractivity contribution in [2.24, 2.45) is 0 Å². The zero-order chi connectivity index (χ0) is 23.8. The molecule has 170 valence electrons. The molecule has 0 spiro atoms. The van der Waals surface area contributed by atoms with Crippen LogP contribution in [-0.2, 0) is 11.0 Å². The van der Waals surface area contributed by atoms with Crippen LogP contribution in [-0.4, -0.2) is 28.3 Å². The topological polar surface area (TPSA) is 75.2 Å². The first-order valence-electron chi connectivity index (χ1n) is 10.1. The number of rotatable bonds is 4. The van der Waals surface area contributed by atoms with Crippen LogP contribution in [0.25, 0.3) is 11.1 Å². The number of nitrogens with one attached hydrogen (secondary N) is 1. The third kappa shape index (κ3) is 4.55. The summed E-state index contributed by atoms with van der Waals surface area (Å²) in [5, 5.41) is 2.45.